The Bertz CT molecular complexity index is 168. The van der Waals surface area contributed by atoms with E-state index in [0.29, 0.717) is 0 Å². The second-order valence-corrected chi connectivity index (χ2v) is 5.21. The zero-order chi connectivity index (χ0) is 10.6. The summed E-state index contributed by atoms with van der Waals surface area (Å²) in [7, 11) is 4.21. The van der Waals surface area contributed by atoms with Gasteiger partial charge in [0.15, 0.2) is 0 Å². The van der Waals surface area contributed by atoms with Crippen LogP contribution in [0.25, 0.3) is 0 Å². The number of hydrogen-bond donors (Lipinski definition) is 2. The van der Waals surface area contributed by atoms with E-state index in [2.05, 4.69) is 36.4 Å². The van der Waals surface area contributed by atoms with Gasteiger partial charge in [-0.1, -0.05) is 0 Å². The Labute approximate surface area is 88.2 Å². The van der Waals surface area contributed by atoms with Crippen LogP contribution in [0.15, 0.2) is 0 Å². The molecule has 0 amide bonds. The van der Waals surface area contributed by atoms with E-state index in [-0.39, 0.29) is 5.54 Å². The van der Waals surface area contributed by atoms with Gasteiger partial charge in [0.05, 0.1) is 0 Å². The van der Waals surface area contributed by atoms with Gasteiger partial charge in [0, 0.05) is 18.6 Å². The molecule has 1 aliphatic heterocycles. The summed E-state index contributed by atoms with van der Waals surface area (Å²) in [5, 5.41) is 6.85. The molecule has 0 aromatic carbocycles. The number of nitrogens with zero attached hydrogens (tertiary/aromatic N) is 1. The topological polar surface area (TPSA) is 27.3 Å². The maximum absolute atomic E-state index is 3.63. The van der Waals surface area contributed by atoms with Crippen molar-refractivity contribution >= 4 is 0 Å². The van der Waals surface area contributed by atoms with Crippen molar-refractivity contribution in [1.29, 1.82) is 0 Å². The Hall–Kier alpha value is -0.120. The van der Waals surface area contributed by atoms with E-state index in [1.165, 1.54) is 19.5 Å². The lowest BCUT2D eigenvalue weighted by Crippen LogP contribution is -2.48. The molecular weight excluding hydrogens is 174 g/mol. The van der Waals surface area contributed by atoms with E-state index in [1.807, 2.05) is 7.05 Å². The lowest BCUT2D eigenvalue weighted by atomic mass is 10.0. The molecule has 3 heteroatoms. The van der Waals surface area contributed by atoms with Crippen LogP contribution in [-0.2, 0) is 0 Å². The first-order valence-electron chi connectivity index (χ1n) is 5.62. The van der Waals surface area contributed by atoms with Crippen molar-refractivity contribution in [2.75, 3.05) is 40.3 Å². The van der Waals surface area contributed by atoms with Crippen LogP contribution in [0.1, 0.15) is 20.3 Å². The Morgan fingerprint density at radius 1 is 1.43 bits per heavy atom. The van der Waals surface area contributed by atoms with E-state index in [9.17, 15) is 0 Å². The Morgan fingerprint density at radius 2 is 2.14 bits per heavy atom. The summed E-state index contributed by atoms with van der Waals surface area (Å²) in [6.07, 6.45) is 1.35. The number of nitrogens with one attached hydrogen (secondary N) is 2. The van der Waals surface area contributed by atoms with Gasteiger partial charge in [-0.15, -0.1) is 0 Å². The first-order valence-corrected chi connectivity index (χ1v) is 5.62. The van der Waals surface area contributed by atoms with Crippen molar-refractivity contribution in [3.63, 3.8) is 0 Å². The van der Waals surface area contributed by atoms with Gasteiger partial charge >= 0.3 is 0 Å². The summed E-state index contributed by atoms with van der Waals surface area (Å²) in [6.45, 7) is 9.19. The Morgan fingerprint density at radius 3 is 2.64 bits per heavy atom. The molecule has 14 heavy (non-hydrogen) atoms. The Kier molecular flexibility index (Phi) is 4.35. The summed E-state index contributed by atoms with van der Waals surface area (Å²) in [4.78, 5) is 2.41. The van der Waals surface area contributed by atoms with Crippen molar-refractivity contribution < 1.29 is 0 Å². The van der Waals surface area contributed by atoms with Gasteiger partial charge in [-0.25, -0.2) is 0 Å². The summed E-state index contributed by atoms with van der Waals surface area (Å²) < 4.78 is 0. The van der Waals surface area contributed by atoms with E-state index >= 15 is 0 Å². The van der Waals surface area contributed by atoms with Crippen LogP contribution in [0.3, 0.4) is 0 Å². The van der Waals surface area contributed by atoms with Crippen molar-refractivity contribution in [3.8, 4) is 0 Å². The normalized spacial score (nSPS) is 24.4. The van der Waals surface area contributed by atoms with Crippen LogP contribution >= 0.6 is 0 Å². The fourth-order valence-corrected chi connectivity index (χ4v) is 2.12. The fourth-order valence-electron chi connectivity index (χ4n) is 2.12. The minimum absolute atomic E-state index is 0.218. The zero-order valence-corrected chi connectivity index (χ0v) is 10.1. The molecule has 1 fully saturated rings. The number of likely N-dealkylation sites (tertiary alicyclic amines) is 1. The third-order valence-corrected chi connectivity index (χ3v) is 2.98. The standard InChI is InChI=1S/C11H25N3/c1-11(2,9-12-3)13-7-10-5-6-14(4)8-10/h10,12-13H,5-9H2,1-4H3. The molecular formula is C11H25N3. The smallest absolute Gasteiger partial charge is 0.0249 e. The highest BCUT2D eigenvalue weighted by molar-refractivity contribution is 4.83. The molecule has 1 aliphatic rings. The highest BCUT2D eigenvalue weighted by Gasteiger charge is 2.22. The molecule has 0 aromatic rings. The summed E-state index contributed by atoms with van der Waals surface area (Å²) in [6, 6.07) is 0. The number of rotatable bonds is 5. The summed E-state index contributed by atoms with van der Waals surface area (Å²) >= 11 is 0. The quantitative estimate of drug-likeness (QED) is 0.676. The average Bonchev–Trinajstić information content (AvgIpc) is 2.48. The zero-order valence-electron chi connectivity index (χ0n) is 10.1. The third kappa shape index (κ3) is 3.95. The highest BCUT2D eigenvalue weighted by Crippen LogP contribution is 2.14. The number of hydrogen-bond acceptors (Lipinski definition) is 3. The largest absolute Gasteiger partial charge is 0.318 e. The maximum atomic E-state index is 3.63. The molecule has 84 valence electrons. The molecule has 0 saturated carbocycles. The molecule has 2 N–H and O–H groups in total. The van der Waals surface area contributed by atoms with Gasteiger partial charge in [0.1, 0.15) is 0 Å². The molecule has 0 aromatic heterocycles. The van der Waals surface area contributed by atoms with Crippen LogP contribution < -0.4 is 10.6 Å². The maximum Gasteiger partial charge on any atom is 0.0249 e. The van der Waals surface area contributed by atoms with Gasteiger partial charge in [-0.05, 0) is 53.4 Å². The van der Waals surface area contributed by atoms with E-state index < -0.39 is 0 Å². The lowest BCUT2D eigenvalue weighted by molar-refractivity contribution is 0.331. The second-order valence-electron chi connectivity index (χ2n) is 5.21. The van der Waals surface area contributed by atoms with Gasteiger partial charge in [-0.3, -0.25) is 0 Å². The van der Waals surface area contributed by atoms with Crippen molar-refractivity contribution in [1.82, 2.24) is 15.5 Å². The molecule has 3 nitrogen and oxygen atoms in total. The average molecular weight is 199 g/mol. The summed E-state index contributed by atoms with van der Waals surface area (Å²) in [5.74, 6) is 0.844. The van der Waals surface area contributed by atoms with E-state index in [4.69, 9.17) is 0 Å². The number of likely N-dealkylation sites (N-methyl/N-ethyl adjacent to an activating group) is 1. The molecule has 1 rings (SSSR count). The molecule has 0 aliphatic carbocycles. The first-order chi connectivity index (χ1) is 6.53. The van der Waals surface area contributed by atoms with Gasteiger partial charge < -0.3 is 15.5 Å². The molecule has 0 radical (unpaired) electrons. The van der Waals surface area contributed by atoms with Gasteiger partial charge in [0.2, 0.25) is 0 Å². The SMILES string of the molecule is CNCC(C)(C)NCC1CCN(C)C1. The van der Waals surface area contributed by atoms with Crippen molar-refractivity contribution in [2.45, 2.75) is 25.8 Å². The van der Waals surface area contributed by atoms with Crippen molar-refractivity contribution in [3.05, 3.63) is 0 Å². The van der Waals surface area contributed by atoms with Gasteiger partial charge in [-0.2, -0.15) is 0 Å². The predicted molar refractivity (Wildman–Crippen MR) is 61.6 cm³/mol. The molecule has 1 saturated heterocycles. The highest BCUT2D eigenvalue weighted by atomic mass is 15.1. The first kappa shape index (κ1) is 12.0. The van der Waals surface area contributed by atoms with Crippen LogP contribution in [0.5, 0.6) is 0 Å². The minimum atomic E-state index is 0.218. The van der Waals surface area contributed by atoms with Crippen LogP contribution in [0.2, 0.25) is 0 Å². The molecule has 1 atom stereocenters. The van der Waals surface area contributed by atoms with Gasteiger partial charge in [0.25, 0.3) is 0 Å². The second kappa shape index (κ2) is 5.10. The third-order valence-electron chi connectivity index (χ3n) is 2.98. The molecule has 0 bridgehead atoms. The summed E-state index contributed by atoms with van der Waals surface area (Å²) in [5.41, 5.74) is 0.218. The Balaban J connectivity index is 2.19. The van der Waals surface area contributed by atoms with Crippen LogP contribution in [0, 0.1) is 5.92 Å². The molecule has 1 unspecified atom stereocenters. The minimum Gasteiger partial charge on any atom is -0.318 e. The molecule has 0 spiro atoms. The monoisotopic (exact) mass is 199 g/mol. The van der Waals surface area contributed by atoms with E-state index in [1.54, 1.807) is 0 Å². The van der Waals surface area contributed by atoms with E-state index in [0.717, 1.165) is 19.0 Å². The van der Waals surface area contributed by atoms with Crippen LogP contribution in [0.4, 0.5) is 0 Å². The predicted octanol–water partition coefficient (Wildman–Crippen LogP) is 0.526. The fraction of sp³-hybridized carbons (Fsp3) is 1.00. The lowest BCUT2D eigenvalue weighted by Gasteiger charge is -2.27. The molecule has 1 heterocycles. The van der Waals surface area contributed by atoms with Crippen molar-refractivity contribution in [2.24, 2.45) is 5.92 Å². The van der Waals surface area contributed by atoms with Crippen LogP contribution in [-0.4, -0.2) is 50.7 Å².